The summed E-state index contributed by atoms with van der Waals surface area (Å²) in [4.78, 5) is 14.4. The number of hydrogen-bond donors (Lipinski definition) is 1. The summed E-state index contributed by atoms with van der Waals surface area (Å²) in [5, 5.41) is 3.39. The van der Waals surface area contributed by atoms with E-state index in [0.717, 1.165) is 16.8 Å². The predicted octanol–water partition coefficient (Wildman–Crippen LogP) is 3.56. The quantitative estimate of drug-likeness (QED) is 0.747. The predicted molar refractivity (Wildman–Crippen MR) is 116 cm³/mol. The van der Waals surface area contributed by atoms with E-state index in [-0.39, 0.29) is 35.5 Å². The molecular formula is C20H23Cl2N3O3S. The second kappa shape index (κ2) is 9.02. The molecule has 1 fully saturated rings. The molecule has 0 saturated carbocycles. The monoisotopic (exact) mass is 455 g/mol. The SMILES string of the molecule is Cc1ccc(C)c(NC(=O)CN2CCN(S(=O)(=O)c3cc(Cl)ccc3Cl)CC2)c1. The van der Waals surface area contributed by atoms with Gasteiger partial charge in [-0.3, -0.25) is 9.69 Å². The molecule has 0 aromatic heterocycles. The molecule has 1 saturated heterocycles. The van der Waals surface area contributed by atoms with Crippen LogP contribution in [0.25, 0.3) is 0 Å². The van der Waals surface area contributed by atoms with Gasteiger partial charge in [-0.25, -0.2) is 8.42 Å². The van der Waals surface area contributed by atoms with Crippen molar-refractivity contribution < 1.29 is 13.2 Å². The molecule has 1 aliphatic rings. The average Bonchev–Trinajstić information content (AvgIpc) is 2.67. The molecule has 29 heavy (non-hydrogen) atoms. The van der Waals surface area contributed by atoms with E-state index in [1.165, 1.54) is 16.4 Å². The van der Waals surface area contributed by atoms with Crippen LogP contribution in [0, 0.1) is 13.8 Å². The number of aryl methyl sites for hydroxylation is 2. The number of carbonyl (C=O) groups is 1. The second-order valence-corrected chi connectivity index (χ2v) is 9.87. The maximum Gasteiger partial charge on any atom is 0.244 e. The Labute approximate surface area is 181 Å². The Bertz CT molecular complexity index is 1020. The van der Waals surface area contributed by atoms with Crippen LogP contribution in [0.5, 0.6) is 0 Å². The first-order valence-corrected chi connectivity index (χ1v) is 11.4. The lowest BCUT2D eigenvalue weighted by Gasteiger charge is -2.33. The van der Waals surface area contributed by atoms with Gasteiger partial charge in [-0.15, -0.1) is 0 Å². The Hall–Kier alpha value is -1.64. The number of anilines is 1. The summed E-state index contributed by atoms with van der Waals surface area (Å²) < 4.78 is 27.1. The van der Waals surface area contributed by atoms with Gasteiger partial charge in [0.2, 0.25) is 15.9 Å². The molecule has 1 amide bonds. The second-order valence-electron chi connectivity index (χ2n) is 7.12. The van der Waals surface area contributed by atoms with Crippen LogP contribution < -0.4 is 5.32 Å². The summed E-state index contributed by atoms with van der Waals surface area (Å²) in [5.74, 6) is -0.118. The molecule has 156 valence electrons. The van der Waals surface area contributed by atoms with Crippen LogP contribution in [0.2, 0.25) is 10.0 Å². The van der Waals surface area contributed by atoms with Gasteiger partial charge < -0.3 is 5.32 Å². The number of halogens is 2. The smallest absolute Gasteiger partial charge is 0.244 e. The van der Waals surface area contributed by atoms with Crippen molar-refractivity contribution in [3.63, 3.8) is 0 Å². The average molecular weight is 456 g/mol. The number of nitrogens with zero attached hydrogens (tertiary/aromatic N) is 2. The van der Waals surface area contributed by atoms with Crippen LogP contribution in [-0.4, -0.2) is 56.3 Å². The molecule has 0 bridgehead atoms. The number of benzene rings is 2. The van der Waals surface area contributed by atoms with E-state index in [0.29, 0.717) is 18.1 Å². The van der Waals surface area contributed by atoms with Gasteiger partial charge in [-0.1, -0.05) is 35.3 Å². The van der Waals surface area contributed by atoms with E-state index in [1.807, 2.05) is 36.9 Å². The third-order valence-corrected chi connectivity index (χ3v) is 7.49. The molecule has 0 aliphatic carbocycles. The summed E-state index contributed by atoms with van der Waals surface area (Å²) in [6, 6.07) is 10.3. The molecule has 2 aromatic carbocycles. The van der Waals surface area contributed by atoms with Gasteiger partial charge in [0.25, 0.3) is 0 Å². The molecule has 1 aliphatic heterocycles. The number of amides is 1. The number of sulfonamides is 1. The van der Waals surface area contributed by atoms with Crippen molar-refractivity contribution in [1.82, 2.24) is 9.21 Å². The molecule has 6 nitrogen and oxygen atoms in total. The zero-order chi connectivity index (χ0) is 21.2. The molecule has 0 atom stereocenters. The van der Waals surface area contributed by atoms with E-state index in [9.17, 15) is 13.2 Å². The van der Waals surface area contributed by atoms with Crippen LogP contribution in [0.4, 0.5) is 5.69 Å². The van der Waals surface area contributed by atoms with E-state index in [2.05, 4.69) is 5.32 Å². The van der Waals surface area contributed by atoms with Crippen LogP contribution in [0.3, 0.4) is 0 Å². The third-order valence-electron chi connectivity index (χ3n) is 4.88. The maximum atomic E-state index is 12.9. The third kappa shape index (κ3) is 5.29. The Kier molecular flexibility index (Phi) is 6.86. The molecule has 9 heteroatoms. The summed E-state index contributed by atoms with van der Waals surface area (Å²) in [6.07, 6.45) is 0. The summed E-state index contributed by atoms with van der Waals surface area (Å²) in [5.41, 5.74) is 2.87. The molecule has 0 radical (unpaired) electrons. The molecule has 2 aromatic rings. The minimum absolute atomic E-state index is 0.00721. The van der Waals surface area contributed by atoms with Crippen molar-refractivity contribution >= 4 is 44.8 Å². The van der Waals surface area contributed by atoms with Crippen molar-refractivity contribution in [2.75, 3.05) is 38.0 Å². The summed E-state index contributed by atoms with van der Waals surface area (Å²) >= 11 is 12.0. The highest BCUT2D eigenvalue weighted by molar-refractivity contribution is 7.89. The van der Waals surface area contributed by atoms with Gasteiger partial charge in [0.05, 0.1) is 11.6 Å². The van der Waals surface area contributed by atoms with E-state index < -0.39 is 10.0 Å². The Morgan fingerprint density at radius 2 is 1.72 bits per heavy atom. The van der Waals surface area contributed by atoms with Crippen LogP contribution in [0.15, 0.2) is 41.3 Å². The zero-order valence-electron chi connectivity index (χ0n) is 16.3. The Balaban J connectivity index is 1.59. The maximum absolute atomic E-state index is 12.9. The van der Waals surface area contributed by atoms with Crippen molar-refractivity contribution in [2.24, 2.45) is 0 Å². The van der Waals surface area contributed by atoms with Crippen molar-refractivity contribution in [2.45, 2.75) is 18.7 Å². The fourth-order valence-corrected chi connectivity index (χ4v) is 5.36. The first kappa shape index (κ1) is 22.1. The van der Waals surface area contributed by atoms with Crippen molar-refractivity contribution in [3.05, 3.63) is 57.6 Å². The van der Waals surface area contributed by atoms with Crippen LogP contribution in [-0.2, 0) is 14.8 Å². The number of hydrogen-bond acceptors (Lipinski definition) is 4. The highest BCUT2D eigenvalue weighted by Crippen LogP contribution is 2.28. The largest absolute Gasteiger partial charge is 0.325 e. The molecule has 1 N–H and O–H groups in total. The Morgan fingerprint density at radius 1 is 1.03 bits per heavy atom. The van der Waals surface area contributed by atoms with Gasteiger partial charge >= 0.3 is 0 Å². The highest BCUT2D eigenvalue weighted by atomic mass is 35.5. The number of rotatable bonds is 5. The molecule has 0 unspecified atom stereocenters. The summed E-state index contributed by atoms with van der Waals surface area (Å²) in [7, 11) is -3.74. The summed E-state index contributed by atoms with van der Waals surface area (Å²) in [6.45, 7) is 5.60. The van der Waals surface area contributed by atoms with Crippen LogP contribution in [0.1, 0.15) is 11.1 Å². The van der Waals surface area contributed by atoms with E-state index in [4.69, 9.17) is 23.2 Å². The van der Waals surface area contributed by atoms with Crippen molar-refractivity contribution in [3.8, 4) is 0 Å². The molecule has 3 rings (SSSR count). The molecule has 1 heterocycles. The lowest BCUT2D eigenvalue weighted by atomic mass is 10.1. The Morgan fingerprint density at radius 3 is 2.41 bits per heavy atom. The minimum atomic E-state index is -3.74. The number of piperazine rings is 1. The fourth-order valence-electron chi connectivity index (χ4n) is 3.21. The van der Waals surface area contributed by atoms with E-state index in [1.54, 1.807) is 6.07 Å². The van der Waals surface area contributed by atoms with Gasteiger partial charge in [0.15, 0.2) is 0 Å². The van der Waals surface area contributed by atoms with Gasteiger partial charge in [0.1, 0.15) is 4.90 Å². The highest BCUT2D eigenvalue weighted by Gasteiger charge is 2.30. The first-order chi connectivity index (χ1) is 13.7. The number of carbonyl (C=O) groups excluding carboxylic acids is 1. The topological polar surface area (TPSA) is 69.7 Å². The molecular weight excluding hydrogens is 433 g/mol. The van der Waals surface area contributed by atoms with Gasteiger partial charge in [-0.2, -0.15) is 4.31 Å². The normalized spacial score (nSPS) is 16.0. The van der Waals surface area contributed by atoms with Crippen LogP contribution >= 0.6 is 23.2 Å². The van der Waals surface area contributed by atoms with Crippen molar-refractivity contribution in [1.29, 1.82) is 0 Å². The first-order valence-electron chi connectivity index (χ1n) is 9.21. The van der Waals surface area contributed by atoms with Gasteiger partial charge in [-0.05, 0) is 49.2 Å². The zero-order valence-corrected chi connectivity index (χ0v) is 18.6. The number of nitrogens with one attached hydrogen (secondary N) is 1. The molecule has 0 spiro atoms. The minimum Gasteiger partial charge on any atom is -0.325 e. The standard InChI is InChI=1S/C20H23Cl2N3O3S/c1-14-3-4-15(2)18(11-14)23-20(26)13-24-7-9-25(10-8-24)29(27,28)19-12-16(21)5-6-17(19)22/h3-6,11-12H,7-10,13H2,1-2H3,(H,23,26). The van der Waals surface area contributed by atoms with Gasteiger partial charge in [0, 0.05) is 36.9 Å². The lowest BCUT2D eigenvalue weighted by Crippen LogP contribution is -2.50. The fraction of sp³-hybridized carbons (Fsp3) is 0.350. The van der Waals surface area contributed by atoms with E-state index >= 15 is 0 Å². The lowest BCUT2D eigenvalue weighted by molar-refractivity contribution is -0.117.